The summed E-state index contributed by atoms with van der Waals surface area (Å²) in [7, 11) is -3.30. The minimum Gasteiger partial charge on any atom is -0.326 e. The highest BCUT2D eigenvalue weighted by atomic mass is 32.2. The molecule has 116 valence electrons. The highest BCUT2D eigenvalue weighted by Crippen LogP contribution is 2.21. The van der Waals surface area contributed by atoms with Gasteiger partial charge in [-0.25, -0.2) is 8.42 Å². The van der Waals surface area contributed by atoms with Crippen LogP contribution in [0.1, 0.15) is 24.8 Å². The SMILES string of the molecule is Cc1cc(NC(=O)CC2CCCN2)ccc1NS(C)(=O)=O. The topological polar surface area (TPSA) is 87.3 Å². The van der Waals surface area contributed by atoms with Gasteiger partial charge < -0.3 is 10.6 Å². The quantitative estimate of drug-likeness (QED) is 0.768. The largest absolute Gasteiger partial charge is 0.326 e. The zero-order chi connectivity index (χ0) is 15.5. The Labute approximate surface area is 125 Å². The van der Waals surface area contributed by atoms with Crippen LogP contribution < -0.4 is 15.4 Å². The third kappa shape index (κ3) is 5.02. The van der Waals surface area contributed by atoms with Gasteiger partial charge in [0.25, 0.3) is 0 Å². The van der Waals surface area contributed by atoms with Crippen molar-refractivity contribution < 1.29 is 13.2 Å². The molecule has 3 N–H and O–H groups in total. The van der Waals surface area contributed by atoms with Gasteiger partial charge in [-0.1, -0.05) is 0 Å². The molecule has 6 nitrogen and oxygen atoms in total. The molecular formula is C14H21N3O3S. The molecule has 0 aliphatic carbocycles. The summed E-state index contributed by atoms with van der Waals surface area (Å²) >= 11 is 0. The van der Waals surface area contributed by atoms with Crippen molar-refractivity contribution in [2.75, 3.05) is 22.8 Å². The van der Waals surface area contributed by atoms with E-state index in [-0.39, 0.29) is 11.9 Å². The van der Waals surface area contributed by atoms with Crippen molar-refractivity contribution in [1.82, 2.24) is 5.32 Å². The first-order chi connectivity index (χ1) is 9.83. The molecule has 1 unspecified atom stereocenters. The maximum absolute atomic E-state index is 11.9. The first-order valence-corrected chi connectivity index (χ1v) is 8.84. The highest BCUT2D eigenvalue weighted by molar-refractivity contribution is 7.92. The van der Waals surface area contributed by atoms with Crippen LogP contribution in [0.4, 0.5) is 11.4 Å². The summed E-state index contributed by atoms with van der Waals surface area (Å²) in [6.45, 7) is 2.77. The van der Waals surface area contributed by atoms with Crippen LogP contribution in [-0.2, 0) is 14.8 Å². The Kier molecular flexibility index (Phi) is 4.84. The van der Waals surface area contributed by atoms with Gasteiger partial charge in [-0.3, -0.25) is 9.52 Å². The molecular weight excluding hydrogens is 290 g/mol. The molecule has 1 fully saturated rings. The van der Waals surface area contributed by atoms with Crippen LogP contribution in [0.5, 0.6) is 0 Å². The van der Waals surface area contributed by atoms with Crippen molar-refractivity contribution >= 4 is 27.3 Å². The van der Waals surface area contributed by atoms with Gasteiger partial charge in [-0.2, -0.15) is 0 Å². The molecule has 1 heterocycles. The summed E-state index contributed by atoms with van der Waals surface area (Å²) in [4.78, 5) is 11.9. The van der Waals surface area contributed by atoms with E-state index < -0.39 is 10.0 Å². The number of rotatable bonds is 5. The molecule has 0 spiro atoms. The number of aryl methyl sites for hydroxylation is 1. The Bertz CT molecular complexity index is 622. The van der Waals surface area contributed by atoms with E-state index in [1.165, 1.54) is 0 Å². The van der Waals surface area contributed by atoms with Crippen molar-refractivity contribution in [1.29, 1.82) is 0 Å². The number of benzene rings is 1. The van der Waals surface area contributed by atoms with Crippen LogP contribution in [0.3, 0.4) is 0 Å². The average Bonchev–Trinajstić information content (AvgIpc) is 2.84. The molecule has 21 heavy (non-hydrogen) atoms. The van der Waals surface area contributed by atoms with E-state index in [0.29, 0.717) is 17.8 Å². The molecule has 0 aromatic heterocycles. The maximum Gasteiger partial charge on any atom is 0.229 e. The highest BCUT2D eigenvalue weighted by Gasteiger charge is 2.17. The number of sulfonamides is 1. The van der Waals surface area contributed by atoms with Crippen LogP contribution in [-0.4, -0.2) is 33.2 Å². The fraction of sp³-hybridized carbons (Fsp3) is 0.500. The number of anilines is 2. The first kappa shape index (κ1) is 15.8. The van der Waals surface area contributed by atoms with E-state index in [4.69, 9.17) is 0 Å². The smallest absolute Gasteiger partial charge is 0.229 e. The fourth-order valence-corrected chi connectivity index (χ4v) is 3.05. The van der Waals surface area contributed by atoms with Crippen molar-refractivity contribution in [3.63, 3.8) is 0 Å². The van der Waals surface area contributed by atoms with Crippen LogP contribution in [0.2, 0.25) is 0 Å². The molecule has 1 atom stereocenters. The minimum absolute atomic E-state index is 0.0300. The van der Waals surface area contributed by atoms with Gasteiger partial charge >= 0.3 is 0 Å². The molecule has 1 saturated heterocycles. The Hall–Kier alpha value is -1.60. The van der Waals surface area contributed by atoms with Crippen molar-refractivity contribution in [2.24, 2.45) is 0 Å². The van der Waals surface area contributed by atoms with Crippen molar-refractivity contribution in [3.8, 4) is 0 Å². The Morgan fingerprint density at radius 2 is 2.19 bits per heavy atom. The molecule has 7 heteroatoms. The molecule has 1 aromatic rings. The normalized spacial score (nSPS) is 18.5. The summed E-state index contributed by atoms with van der Waals surface area (Å²) in [5.41, 5.74) is 1.96. The lowest BCUT2D eigenvalue weighted by molar-refractivity contribution is -0.116. The van der Waals surface area contributed by atoms with Crippen LogP contribution in [0.25, 0.3) is 0 Å². The lowest BCUT2D eigenvalue weighted by Crippen LogP contribution is -2.27. The number of carbonyl (C=O) groups is 1. The lowest BCUT2D eigenvalue weighted by atomic mass is 10.1. The lowest BCUT2D eigenvalue weighted by Gasteiger charge is -2.12. The van der Waals surface area contributed by atoms with Gasteiger partial charge in [0.05, 0.1) is 11.9 Å². The van der Waals surface area contributed by atoms with Crippen LogP contribution in [0.15, 0.2) is 18.2 Å². The van der Waals surface area contributed by atoms with Gasteiger partial charge in [0, 0.05) is 18.2 Å². The van der Waals surface area contributed by atoms with Crippen LogP contribution >= 0.6 is 0 Å². The second-order valence-electron chi connectivity index (χ2n) is 5.45. The third-order valence-electron chi connectivity index (χ3n) is 3.40. The predicted molar refractivity (Wildman–Crippen MR) is 83.9 cm³/mol. The summed E-state index contributed by atoms with van der Waals surface area (Å²) in [5.74, 6) is -0.0300. The predicted octanol–water partition coefficient (Wildman–Crippen LogP) is 1.45. The number of amides is 1. The average molecular weight is 311 g/mol. The first-order valence-electron chi connectivity index (χ1n) is 6.95. The molecule has 1 aliphatic rings. The molecule has 1 aliphatic heterocycles. The monoisotopic (exact) mass is 311 g/mol. The fourth-order valence-electron chi connectivity index (χ4n) is 2.42. The summed E-state index contributed by atoms with van der Waals surface area (Å²) in [5, 5.41) is 6.13. The minimum atomic E-state index is -3.30. The van der Waals surface area contributed by atoms with E-state index in [2.05, 4.69) is 15.4 Å². The van der Waals surface area contributed by atoms with Gasteiger partial charge in [-0.15, -0.1) is 0 Å². The number of hydrogen-bond donors (Lipinski definition) is 3. The standard InChI is InChI=1S/C14H21N3O3S/c1-10-8-12(5-6-13(10)17-21(2,19)20)16-14(18)9-11-4-3-7-15-11/h5-6,8,11,15,17H,3-4,7,9H2,1-2H3,(H,16,18). The van der Waals surface area contributed by atoms with E-state index in [0.717, 1.165) is 31.2 Å². The Balaban J connectivity index is 1.97. The molecule has 0 bridgehead atoms. The zero-order valence-corrected chi connectivity index (χ0v) is 13.1. The number of hydrogen-bond acceptors (Lipinski definition) is 4. The number of carbonyl (C=O) groups excluding carboxylic acids is 1. The second-order valence-corrected chi connectivity index (χ2v) is 7.20. The molecule has 1 aromatic carbocycles. The van der Waals surface area contributed by atoms with E-state index in [9.17, 15) is 13.2 Å². The number of nitrogens with one attached hydrogen (secondary N) is 3. The van der Waals surface area contributed by atoms with Gasteiger partial charge in [-0.05, 0) is 50.1 Å². The molecule has 0 saturated carbocycles. The third-order valence-corrected chi connectivity index (χ3v) is 3.99. The second kappa shape index (κ2) is 6.44. The van der Waals surface area contributed by atoms with Gasteiger partial charge in [0.1, 0.15) is 0 Å². The van der Waals surface area contributed by atoms with Crippen LogP contribution in [0, 0.1) is 6.92 Å². The van der Waals surface area contributed by atoms with E-state index in [1.807, 2.05) is 0 Å². The van der Waals surface area contributed by atoms with Gasteiger partial charge in [0.15, 0.2) is 0 Å². The molecule has 1 amide bonds. The van der Waals surface area contributed by atoms with Crippen molar-refractivity contribution in [3.05, 3.63) is 23.8 Å². The maximum atomic E-state index is 11.9. The van der Waals surface area contributed by atoms with E-state index >= 15 is 0 Å². The summed E-state index contributed by atoms with van der Waals surface area (Å²) < 4.78 is 24.9. The Morgan fingerprint density at radius 1 is 1.43 bits per heavy atom. The molecule has 2 rings (SSSR count). The van der Waals surface area contributed by atoms with Crippen molar-refractivity contribution in [2.45, 2.75) is 32.2 Å². The summed E-state index contributed by atoms with van der Waals surface area (Å²) in [6, 6.07) is 5.37. The van der Waals surface area contributed by atoms with Gasteiger partial charge in [0.2, 0.25) is 15.9 Å². The van der Waals surface area contributed by atoms with E-state index in [1.54, 1.807) is 25.1 Å². The Morgan fingerprint density at radius 3 is 2.76 bits per heavy atom. The zero-order valence-electron chi connectivity index (χ0n) is 12.3. The molecule has 0 radical (unpaired) electrons. The summed E-state index contributed by atoms with van der Waals surface area (Å²) in [6.07, 6.45) is 3.71.